The molecule has 0 fully saturated rings. The molecule has 86 valence electrons. The molecule has 0 heterocycles. The minimum Gasteiger partial charge on any atom is -0.300 e. The van der Waals surface area contributed by atoms with E-state index in [1.807, 2.05) is 0 Å². The third-order valence-corrected chi connectivity index (χ3v) is 8.97. The zero-order valence-electron chi connectivity index (χ0n) is 10.8. The van der Waals surface area contributed by atoms with Crippen molar-refractivity contribution in [3.05, 3.63) is 0 Å². The standard InChI is InChI=1S/C12H29NP/c1-6-13(7-2)11-12-14(8-3,9-4)10-5/h6-12H2,1-5H3/q+1. The lowest BCUT2D eigenvalue weighted by Gasteiger charge is -2.27. The second-order valence-corrected chi connectivity index (χ2v) is 9.07. The van der Waals surface area contributed by atoms with Crippen LogP contribution < -0.4 is 0 Å². The van der Waals surface area contributed by atoms with E-state index in [1.165, 1.54) is 44.3 Å². The quantitative estimate of drug-likeness (QED) is 0.564. The van der Waals surface area contributed by atoms with Crippen molar-refractivity contribution in [2.75, 3.05) is 44.3 Å². The van der Waals surface area contributed by atoms with Crippen LogP contribution in [0.2, 0.25) is 0 Å². The summed E-state index contributed by atoms with van der Waals surface area (Å²) in [6.45, 7) is 15.5. The molecule has 0 aromatic heterocycles. The van der Waals surface area contributed by atoms with Gasteiger partial charge in [0.25, 0.3) is 0 Å². The highest BCUT2D eigenvalue weighted by Gasteiger charge is 2.30. The van der Waals surface area contributed by atoms with Crippen molar-refractivity contribution < 1.29 is 0 Å². The summed E-state index contributed by atoms with van der Waals surface area (Å²) in [6, 6.07) is 0. The average molecular weight is 218 g/mol. The van der Waals surface area contributed by atoms with Crippen LogP contribution in [0.25, 0.3) is 0 Å². The Labute approximate surface area is 91.6 Å². The number of nitrogens with zero attached hydrogens (tertiary/aromatic N) is 1. The lowest BCUT2D eigenvalue weighted by molar-refractivity contribution is 0.322. The molecule has 0 rings (SSSR count). The topological polar surface area (TPSA) is 3.24 Å². The highest BCUT2D eigenvalue weighted by molar-refractivity contribution is 7.75. The zero-order chi connectivity index (χ0) is 11.0. The first-order valence-corrected chi connectivity index (χ1v) is 8.78. The molecule has 0 radical (unpaired) electrons. The van der Waals surface area contributed by atoms with E-state index in [0.29, 0.717) is 0 Å². The Morgan fingerprint density at radius 1 is 0.786 bits per heavy atom. The van der Waals surface area contributed by atoms with Crippen molar-refractivity contribution in [2.24, 2.45) is 0 Å². The third kappa shape index (κ3) is 4.28. The van der Waals surface area contributed by atoms with Crippen molar-refractivity contribution >= 4 is 7.26 Å². The maximum absolute atomic E-state index is 2.57. The van der Waals surface area contributed by atoms with Gasteiger partial charge in [-0.05, 0) is 33.9 Å². The van der Waals surface area contributed by atoms with Gasteiger partial charge in [0.15, 0.2) is 0 Å². The minimum atomic E-state index is -0.561. The Morgan fingerprint density at radius 2 is 1.21 bits per heavy atom. The van der Waals surface area contributed by atoms with Crippen LogP contribution in [0.15, 0.2) is 0 Å². The predicted molar refractivity (Wildman–Crippen MR) is 71.2 cm³/mol. The fourth-order valence-electron chi connectivity index (χ4n) is 2.04. The number of hydrogen-bond acceptors (Lipinski definition) is 1. The van der Waals surface area contributed by atoms with Crippen molar-refractivity contribution in [3.8, 4) is 0 Å². The monoisotopic (exact) mass is 218 g/mol. The van der Waals surface area contributed by atoms with Crippen LogP contribution in [0.5, 0.6) is 0 Å². The van der Waals surface area contributed by atoms with Crippen LogP contribution in [0.4, 0.5) is 0 Å². The van der Waals surface area contributed by atoms with Gasteiger partial charge in [-0.25, -0.2) is 0 Å². The molecule has 0 saturated carbocycles. The second kappa shape index (κ2) is 7.65. The summed E-state index contributed by atoms with van der Waals surface area (Å²) in [5.41, 5.74) is 0. The first kappa shape index (κ1) is 14.4. The smallest absolute Gasteiger partial charge is 0.0721 e. The highest BCUT2D eigenvalue weighted by atomic mass is 31.2. The molecule has 0 aliphatic rings. The normalized spacial score (nSPS) is 12.4. The average Bonchev–Trinajstić information content (AvgIpc) is 2.26. The van der Waals surface area contributed by atoms with Gasteiger partial charge in [-0.3, -0.25) is 0 Å². The van der Waals surface area contributed by atoms with Crippen LogP contribution in [0.1, 0.15) is 34.6 Å². The van der Waals surface area contributed by atoms with Gasteiger partial charge >= 0.3 is 0 Å². The van der Waals surface area contributed by atoms with Gasteiger partial charge in [0.2, 0.25) is 0 Å². The predicted octanol–water partition coefficient (Wildman–Crippen LogP) is 3.41. The van der Waals surface area contributed by atoms with Crippen LogP contribution >= 0.6 is 7.26 Å². The van der Waals surface area contributed by atoms with E-state index >= 15 is 0 Å². The molecule has 0 aromatic rings. The van der Waals surface area contributed by atoms with Gasteiger partial charge in [0, 0.05) is 13.8 Å². The molecule has 0 aliphatic carbocycles. The van der Waals surface area contributed by atoms with E-state index < -0.39 is 7.26 Å². The van der Waals surface area contributed by atoms with Crippen LogP contribution in [0, 0.1) is 0 Å². The molecule has 2 heteroatoms. The van der Waals surface area contributed by atoms with Crippen LogP contribution in [0.3, 0.4) is 0 Å². The van der Waals surface area contributed by atoms with E-state index in [0.717, 1.165) is 0 Å². The molecule has 0 unspecified atom stereocenters. The lowest BCUT2D eigenvalue weighted by Crippen LogP contribution is -2.28. The van der Waals surface area contributed by atoms with E-state index in [-0.39, 0.29) is 0 Å². The van der Waals surface area contributed by atoms with Gasteiger partial charge in [-0.2, -0.15) is 0 Å². The largest absolute Gasteiger partial charge is 0.300 e. The fraction of sp³-hybridized carbons (Fsp3) is 1.00. The summed E-state index contributed by atoms with van der Waals surface area (Å²) in [6.07, 6.45) is 5.82. The van der Waals surface area contributed by atoms with E-state index in [9.17, 15) is 0 Å². The Morgan fingerprint density at radius 3 is 1.50 bits per heavy atom. The molecular formula is C12H29NP+. The molecular weight excluding hydrogens is 189 g/mol. The first-order chi connectivity index (χ1) is 6.67. The summed E-state index contributed by atoms with van der Waals surface area (Å²) in [7, 11) is -0.561. The Bertz CT molecular complexity index is 120. The molecule has 0 aliphatic heterocycles. The molecule has 1 nitrogen and oxygen atoms in total. The second-order valence-electron chi connectivity index (χ2n) is 4.04. The molecule has 0 atom stereocenters. The maximum Gasteiger partial charge on any atom is 0.0721 e. The van der Waals surface area contributed by atoms with Crippen molar-refractivity contribution in [2.45, 2.75) is 34.6 Å². The SMILES string of the molecule is CCN(CC)CC[P+](CC)(CC)CC. The van der Waals surface area contributed by atoms with Gasteiger partial charge in [-0.1, -0.05) is 13.8 Å². The number of rotatable bonds is 8. The summed E-state index contributed by atoms with van der Waals surface area (Å²) < 4.78 is 0. The van der Waals surface area contributed by atoms with Crippen LogP contribution in [-0.4, -0.2) is 49.2 Å². The lowest BCUT2D eigenvalue weighted by atomic mass is 10.5. The molecule has 0 amide bonds. The zero-order valence-corrected chi connectivity index (χ0v) is 11.7. The molecule has 0 spiro atoms. The molecule has 0 bridgehead atoms. The molecule has 0 aromatic carbocycles. The van der Waals surface area contributed by atoms with Gasteiger partial charge in [0.05, 0.1) is 24.6 Å². The van der Waals surface area contributed by atoms with E-state index in [4.69, 9.17) is 0 Å². The molecule has 14 heavy (non-hydrogen) atoms. The van der Waals surface area contributed by atoms with Crippen molar-refractivity contribution in [1.82, 2.24) is 4.90 Å². The number of hydrogen-bond donors (Lipinski definition) is 0. The maximum atomic E-state index is 2.57. The minimum absolute atomic E-state index is 0.561. The van der Waals surface area contributed by atoms with E-state index in [2.05, 4.69) is 39.5 Å². The van der Waals surface area contributed by atoms with Gasteiger partial charge < -0.3 is 4.90 Å². The Balaban J connectivity index is 4.04. The fourth-order valence-corrected chi connectivity index (χ4v) is 5.04. The summed E-state index contributed by atoms with van der Waals surface area (Å²) in [4.78, 5) is 2.57. The molecule has 0 saturated heterocycles. The highest BCUT2D eigenvalue weighted by Crippen LogP contribution is 2.57. The van der Waals surface area contributed by atoms with Crippen molar-refractivity contribution in [3.63, 3.8) is 0 Å². The third-order valence-electron chi connectivity index (χ3n) is 3.80. The van der Waals surface area contributed by atoms with Crippen LogP contribution in [-0.2, 0) is 0 Å². The van der Waals surface area contributed by atoms with Gasteiger partial charge in [-0.15, -0.1) is 0 Å². The molecule has 0 N–H and O–H groups in total. The summed E-state index contributed by atoms with van der Waals surface area (Å²) in [5, 5.41) is 0. The summed E-state index contributed by atoms with van der Waals surface area (Å²) in [5.74, 6) is 0. The Kier molecular flexibility index (Phi) is 7.86. The van der Waals surface area contributed by atoms with E-state index in [1.54, 1.807) is 0 Å². The Hall–Kier alpha value is 0.390. The summed E-state index contributed by atoms with van der Waals surface area (Å²) >= 11 is 0. The first-order valence-electron chi connectivity index (χ1n) is 6.25. The van der Waals surface area contributed by atoms with Crippen molar-refractivity contribution in [1.29, 1.82) is 0 Å². The van der Waals surface area contributed by atoms with Gasteiger partial charge in [0.1, 0.15) is 0 Å².